The minimum absolute atomic E-state index is 0.120. The van der Waals surface area contributed by atoms with Gasteiger partial charge in [-0.1, -0.05) is 0 Å². The normalized spacial score (nSPS) is 14.8. The molecule has 4 amide bonds. The molecule has 7 nitrogen and oxygen atoms in total. The van der Waals surface area contributed by atoms with E-state index < -0.39 is 17.8 Å². The summed E-state index contributed by atoms with van der Waals surface area (Å²) in [6.45, 7) is 0. The summed E-state index contributed by atoms with van der Waals surface area (Å²) in [5.41, 5.74) is -0.0443. The van der Waals surface area contributed by atoms with Crippen LogP contribution >= 0.6 is 0 Å². The van der Waals surface area contributed by atoms with Crippen molar-refractivity contribution in [1.29, 1.82) is 0 Å². The molecule has 19 heavy (non-hydrogen) atoms. The Morgan fingerprint density at radius 1 is 1.16 bits per heavy atom. The lowest BCUT2D eigenvalue weighted by Gasteiger charge is -2.14. The summed E-state index contributed by atoms with van der Waals surface area (Å²) in [6.07, 6.45) is 1.18. The van der Waals surface area contributed by atoms with Gasteiger partial charge in [0.2, 0.25) is 0 Å². The molecule has 0 spiro atoms. The molecule has 1 saturated heterocycles. The number of aromatic hydroxyl groups is 1. The van der Waals surface area contributed by atoms with Gasteiger partial charge in [-0.25, -0.2) is 4.79 Å². The van der Waals surface area contributed by atoms with E-state index in [0.717, 1.165) is 0 Å². The summed E-state index contributed by atoms with van der Waals surface area (Å²) < 4.78 is 4.97. The van der Waals surface area contributed by atoms with E-state index in [1.807, 2.05) is 10.6 Å². The number of barbiturate groups is 1. The standard InChI is InChI=1S/C12H10N2O5/c1-19-7-2-3-9(15)6(4-7)5-8-10(16)13-12(18)14-11(8)17/h2-5,15H,1H3,(H2,13,14,16,17,18). The number of imide groups is 2. The Labute approximate surface area is 107 Å². The zero-order valence-electron chi connectivity index (χ0n) is 9.89. The molecule has 1 aromatic carbocycles. The number of phenols is 1. The van der Waals surface area contributed by atoms with Crippen LogP contribution in [0, 0.1) is 0 Å². The molecule has 1 heterocycles. The summed E-state index contributed by atoms with van der Waals surface area (Å²) in [4.78, 5) is 33.9. The summed E-state index contributed by atoms with van der Waals surface area (Å²) in [5.74, 6) is -1.31. The van der Waals surface area contributed by atoms with Gasteiger partial charge in [0.25, 0.3) is 11.8 Å². The Morgan fingerprint density at radius 2 is 1.79 bits per heavy atom. The van der Waals surface area contributed by atoms with Crippen molar-refractivity contribution in [2.75, 3.05) is 7.11 Å². The molecule has 0 saturated carbocycles. The molecule has 98 valence electrons. The van der Waals surface area contributed by atoms with E-state index in [9.17, 15) is 19.5 Å². The Bertz CT molecular complexity index is 584. The highest BCUT2D eigenvalue weighted by molar-refractivity contribution is 6.31. The molecule has 1 aliphatic rings. The first kappa shape index (κ1) is 12.6. The highest BCUT2D eigenvalue weighted by Crippen LogP contribution is 2.25. The van der Waals surface area contributed by atoms with E-state index in [1.54, 1.807) is 0 Å². The van der Waals surface area contributed by atoms with Crippen molar-refractivity contribution in [1.82, 2.24) is 10.6 Å². The van der Waals surface area contributed by atoms with Crippen LogP contribution in [0.15, 0.2) is 23.8 Å². The number of ether oxygens (including phenoxy) is 1. The zero-order valence-corrected chi connectivity index (χ0v) is 9.89. The lowest BCUT2D eigenvalue weighted by molar-refractivity contribution is -0.123. The van der Waals surface area contributed by atoms with Gasteiger partial charge in [-0.3, -0.25) is 20.2 Å². The monoisotopic (exact) mass is 262 g/mol. The summed E-state index contributed by atoms with van der Waals surface area (Å²) in [6, 6.07) is 3.48. The third-order valence-electron chi connectivity index (χ3n) is 2.48. The molecule has 0 aromatic heterocycles. The van der Waals surface area contributed by atoms with Gasteiger partial charge in [0.15, 0.2) is 0 Å². The second kappa shape index (κ2) is 4.81. The van der Waals surface area contributed by atoms with E-state index in [-0.39, 0.29) is 16.9 Å². The molecule has 1 aliphatic heterocycles. The van der Waals surface area contributed by atoms with Gasteiger partial charge in [0, 0.05) is 5.56 Å². The van der Waals surface area contributed by atoms with Gasteiger partial charge in [-0.2, -0.15) is 0 Å². The number of benzene rings is 1. The third-order valence-corrected chi connectivity index (χ3v) is 2.48. The van der Waals surface area contributed by atoms with Crippen LogP contribution in [-0.4, -0.2) is 30.1 Å². The van der Waals surface area contributed by atoms with Crippen molar-refractivity contribution in [3.8, 4) is 11.5 Å². The van der Waals surface area contributed by atoms with Crippen molar-refractivity contribution in [3.63, 3.8) is 0 Å². The number of nitrogens with one attached hydrogen (secondary N) is 2. The number of urea groups is 1. The maximum Gasteiger partial charge on any atom is 0.328 e. The van der Waals surface area contributed by atoms with Crippen LogP contribution in [0.4, 0.5) is 4.79 Å². The molecular weight excluding hydrogens is 252 g/mol. The first-order chi connectivity index (χ1) is 9.01. The predicted molar refractivity (Wildman–Crippen MR) is 64.3 cm³/mol. The lowest BCUT2D eigenvalue weighted by Crippen LogP contribution is -2.51. The topological polar surface area (TPSA) is 105 Å². The van der Waals surface area contributed by atoms with Crippen molar-refractivity contribution in [2.24, 2.45) is 0 Å². The van der Waals surface area contributed by atoms with Crippen LogP contribution in [0.1, 0.15) is 5.56 Å². The maximum absolute atomic E-state index is 11.5. The second-order valence-corrected chi connectivity index (χ2v) is 3.72. The average molecular weight is 262 g/mol. The van der Waals surface area contributed by atoms with Crippen LogP contribution in [0.2, 0.25) is 0 Å². The number of carbonyl (C=O) groups excluding carboxylic acids is 3. The number of methoxy groups -OCH3 is 1. The van der Waals surface area contributed by atoms with E-state index in [0.29, 0.717) is 5.75 Å². The van der Waals surface area contributed by atoms with Crippen molar-refractivity contribution < 1.29 is 24.2 Å². The smallest absolute Gasteiger partial charge is 0.328 e. The number of hydrogen-bond donors (Lipinski definition) is 3. The van der Waals surface area contributed by atoms with E-state index in [4.69, 9.17) is 4.74 Å². The van der Waals surface area contributed by atoms with Crippen LogP contribution in [0.3, 0.4) is 0 Å². The Kier molecular flexibility index (Phi) is 3.19. The zero-order chi connectivity index (χ0) is 14.0. The molecule has 0 aliphatic carbocycles. The van der Waals surface area contributed by atoms with Gasteiger partial charge in [-0.05, 0) is 24.3 Å². The number of phenolic OH excluding ortho intramolecular Hbond substituents is 1. The van der Waals surface area contributed by atoms with Crippen LogP contribution in [0.5, 0.6) is 11.5 Å². The maximum atomic E-state index is 11.5. The Hall–Kier alpha value is -2.83. The fraction of sp³-hybridized carbons (Fsp3) is 0.0833. The number of hydrogen-bond acceptors (Lipinski definition) is 5. The summed E-state index contributed by atoms with van der Waals surface area (Å²) >= 11 is 0. The molecule has 1 fully saturated rings. The van der Waals surface area contributed by atoms with Crippen LogP contribution in [0.25, 0.3) is 6.08 Å². The molecule has 3 N–H and O–H groups in total. The Balaban J connectivity index is 2.42. The highest BCUT2D eigenvalue weighted by atomic mass is 16.5. The average Bonchev–Trinajstić information content (AvgIpc) is 2.35. The number of amides is 4. The van der Waals surface area contributed by atoms with Crippen LogP contribution < -0.4 is 15.4 Å². The first-order valence-corrected chi connectivity index (χ1v) is 5.26. The molecule has 1 aromatic rings. The van der Waals surface area contributed by atoms with Crippen molar-refractivity contribution >= 4 is 23.9 Å². The van der Waals surface area contributed by atoms with Gasteiger partial charge in [0.05, 0.1) is 7.11 Å². The predicted octanol–water partition coefficient (Wildman–Crippen LogP) is 0.150. The second-order valence-electron chi connectivity index (χ2n) is 3.72. The molecule has 0 bridgehead atoms. The SMILES string of the molecule is COc1ccc(O)c(C=C2C(=O)NC(=O)NC2=O)c1. The highest BCUT2D eigenvalue weighted by Gasteiger charge is 2.27. The molecular formula is C12H10N2O5. The number of carbonyl (C=O) groups is 3. The summed E-state index contributed by atoms with van der Waals surface area (Å²) in [7, 11) is 1.45. The quantitative estimate of drug-likeness (QED) is 0.520. The fourth-order valence-electron chi connectivity index (χ4n) is 1.54. The Morgan fingerprint density at radius 3 is 2.37 bits per heavy atom. The van der Waals surface area contributed by atoms with Crippen molar-refractivity contribution in [2.45, 2.75) is 0 Å². The van der Waals surface area contributed by atoms with Gasteiger partial charge >= 0.3 is 6.03 Å². The van der Waals surface area contributed by atoms with E-state index in [1.165, 1.54) is 31.4 Å². The molecule has 0 radical (unpaired) electrons. The lowest BCUT2D eigenvalue weighted by atomic mass is 10.1. The number of rotatable bonds is 2. The third kappa shape index (κ3) is 2.54. The fourth-order valence-corrected chi connectivity index (χ4v) is 1.54. The van der Waals surface area contributed by atoms with Crippen molar-refractivity contribution in [3.05, 3.63) is 29.3 Å². The minimum atomic E-state index is -0.873. The van der Waals surface area contributed by atoms with Gasteiger partial charge < -0.3 is 9.84 Å². The van der Waals surface area contributed by atoms with Crippen LogP contribution in [-0.2, 0) is 9.59 Å². The molecule has 0 unspecified atom stereocenters. The van der Waals surface area contributed by atoms with E-state index >= 15 is 0 Å². The molecule has 0 atom stereocenters. The summed E-state index contributed by atoms with van der Waals surface area (Å²) in [5, 5.41) is 13.5. The van der Waals surface area contributed by atoms with Gasteiger partial charge in [-0.15, -0.1) is 0 Å². The molecule has 2 rings (SSSR count). The largest absolute Gasteiger partial charge is 0.507 e. The minimum Gasteiger partial charge on any atom is -0.507 e. The van der Waals surface area contributed by atoms with E-state index in [2.05, 4.69) is 0 Å². The molecule has 7 heteroatoms. The van der Waals surface area contributed by atoms with Gasteiger partial charge in [0.1, 0.15) is 17.1 Å². The first-order valence-electron chi connectivity index (χ1n) is 5.26.